The Labute approximate surface area is 133 Å². The summed E-state index contributed by atoms with van der Waals surface area (Å²) in [5, 5.41) is 9.23. The molecule has 0 heterocycles. The minimum absolute atomic E-state index is 0.00551. The second-order valence-corrected chi connectivity index (χ2v) is 6.85. The number of carboxylic acid groups (broad SMARTS) is 1. The molecule has 0 aliphatic rings. The maximum atomic E-state index is 12.4. The summed E-state index contributed by atoms with van der Waals surface area (Å²) in [6, 6.07) is 0.122. The smallest absolute Gasteiger partial charge is 0.324 e. The molecule has 1 aromatic rings. The highest BCUT2D eigenvalue weighted by Gasteiger charge is 2.29. The predicted octanol–water partition coefficient (Wildman–Crippen LogP) is 1.99. The van der Waals surface area contributed by atoms with E-state index in [4.69, 9.17) is 28.3 Å². The van der Waals surface area contributed by atoms with Gasteiger partial charge in [0.25, 0.3) is 0 Å². The van der Waals surface area contributed by atoms with E-state index in [0.717, 1.165) is 0 Å². The van der Waals surface area contributed by atoms with E-state index in [1.807, 2.05) is 0 Å². The first kappa shape index (κ1) is 18.2. The largest absolute Gasteiger partial charge is 0.480 e. The molecule has 0 radical (unpaired) electrons. The van der Waals surface area contributed by atoms with Crippen molar-refractivity contribution in [3.05, 3.63) is 27.2 Å². The van der Waals surface area contributed by atoms with E-state index >= 15 is 0 Å². The van der Waals surface area contributed by atoms with E-state index in [1.165, 1.54) is 14.0 Å². The zero-order valence-electron chi connectivity index (χ0n) is 11.6. The van der Waals surface area contributed by atoms with Crippen molar-refractivity contribution in [2.24, 2.45) is 0 Å². The predicted molar refractivity (Wildman–Crippen MR) is 79.6 cm³/mol. The highest BCUT2D eigenvalue weighted by atomic mass is 35.5. The first-order chi connectivity index (χ1) is 9.61. The molecule has 1 aromatic carbocycles. The average molecular weight is 356 g/mol. The molecular formula is C12H15Cl2NO5S. The third-order valence-corrected chi connectivity index (χ3v) is 5.42. The van der Waals surface area contributed by atoms with Crippen molar-refractivity contribution in [3.63, 3.8) is 0 Å². The molecule has 0 amide bonds. The summed E-state index contributed by atoms with van der Waals surface area (Å²) in [4.78, 5) is 10.8. The van der Waals surface area contributed by atoms with Gasteiger partial charge in [0.05, 0.1) is 11.6 Å². The van der Waals surface area contributed by atoms with Crippen LogP contribution < -0.4 is 4.72 Å². The van der Waals surface area contributed by atoms with Gasteiger partial charge in [-0.1, -0.05) is 23.2 Å². The van der Waals surface area contributed by atoms with E-state index in [1.54, 1.807) is 13.0 Å². The van der Waals surface area contributed by atoms with E-state index in [9.17, 15) is 13.2 Å². The molecule has 1 unspecified atom stereocenters. The van der Waals surface area contributed by atoms with Gasteiger partial charge in [-0.15, -0.1) is 0 Å². The molecule has 0 spiro atoms. The van der Waals surface area contributed by atoms with Crippen LogP contribution in [0, 0.1) is 13.8 Å². The molecule has 21 heavy (non-hydrogen) atoms. The molecule has 0 bridgehead atoms. The number of aryl methyl sites for hydroxylation is 1. The molecule has 0 saturated carbocycles. The van der Waals surface area contributed by atoms with Gasteiger partial charge in [-0.05, 0) is 31.0 Å². The van der Waals surface area contributed by atoms with Crippen molar-refractivity contribution in [2.45, 2.75) is 24.8 Å². The van der Waals surface area contributed by atoms with Gasteiger partial charge < -0.3 is 9.84 Å². The van der Waals surface area contributed by atoms with Gasteiger partial charge in [0.15, 0.2) is 0 Å². The van der Waals surface area contributed by atoms with Gasteiger partial charge >= 0.3 is 5.97 Å². The Kier molecular flexibility index (Phi) is 6.01. The number of ether oxygens (including phenoxy) is 1. The Hall–Kier alpha value is -0.860. The first-order valence-corrected chi connectivity index (χ1v) is 8.05. The number of hydrogen-bond acceptors (Lipinski definition) is 4. The second kappa shape index (κ2) is 6.93. The maximum Gasteiger partial charge on any atom is 0.324 e. The summed E-state index contributed by atoms with van der Waals surface area (Å²) in [5.74, 6) is -1.35. The number of carboxylic acids is 1. The topological polar surface area (TPSA) is 92.7 Å². The summed E-state index contributed by atoms with van der Waals surface area (Å²) < 4.78 is 31.5. The quantitative estimate of drug-likeness (QED) is 0.813. The number of aliphatic carboxylic acids is 1. The van der Waals surface area contributed by atoms with E-state index < -0.39 is 22.0 Å². The van der Waals surface area contributed by atoms with Crippen LogP contribution in [0.5, 0.6) is 0 Å². The van der Waals surface area contributed by atoms with Crippen LogP contribution in [0.15, 0.2) is 11.0 Å². The van der Waals surface area contributed by atoms with E-state index in [-0.39, 0.29) is 27.1 Å². The van der Waals surface area contributed by atoms with Crippen molar-refractivity contribution in [1.29, 1.82) is 0 Å². The molecule has 0 fully saturated rings. The highest BCUT2D eigenvalue weighted by molar-refractivity contribution is 7.89. The van der Waals surface area contributed by atoms with Crippen molar-refractivity contribution < 1.29 is 23.1 Å². The molecule has 0 aliphatic carbocycles. The number of halogens is 2. The molecule has 118 valence electrons. The molecule has 0 saturated heterocycles. The lowest BCUT2D eigenvalue weighted by Crippen LogP contribution is -2.44. The summed E-state index contributed by atoms with van der Waals surface area (Å²) in [7, 11) is -2.89. The fraction of sp³-hybridized carbons (Fsp3) is 0.417. The number of sulfonamides is 1. The summed E-state index contributed by atoms with van der Waals surface area (Å²) >= 11 is 12.0. The maximum absolute atomic E-state index is 12.4. The molecule has 1 rings (SSSR count). The Balaban J connectivity index is 3.35. The highest BCUT2D eigenvalue weighted by Crippen LogP contribution is 2.33. The first-order valence-electron chi connectivity index (χ1n) is 5.81. The molecule has 0 aromatic heterocycles. The van der Waals surface area contributed by atoms with Gasteiger partial charge in [0.1, 0.15) is 10.9 Å². The Morgan fingerprint density at radius 2 is 2.00 bits per heavy atom. The van der Waals surface area contributed by atoms with Crippen LogP contribution in [-0.2, 0) is 19.6 Å². The fourth-order valence-electron chi connectivity index (χ4n) is 1.70. The van der Waals surface area contributed by atoms with Gasteiger partial charge in [0, 0.05) is 12.1 Å². The molecule has 6 nitrogen and oxygen atoms in total. The Morgan fingerprint density at radius 3 is 2.48 bits per heavy atom. The van der Waals surface area contributed by atoms with Gasteiger partial charge in [-0.25, -0.2) is 8.42 Å². The number of benzene rings is 1. The molecule has 9 heteroatoms. The molecule has 1 atom stereocenters. The molecule has 0 aliphatic heterocycles. The van der Waals surface area contributed by atoms with E-state index in [0.29, 0.717) is 5.56 Å². The lowest BCUT2D eigenvalue weighted by Gasteiger charge is -2.17. The van der Waals surface area contributed by atoms with Crippen LogP contribution in [0.4, 0.5) is 0 Å². The summed E-state index contributed by atoms with van der Waals surface area (Å²) in [6.45, 7) is 2.79. The lowest BCUT2D eigenvalue weighted by atomic mass is 10.2. The van der Waals surface area contributed by atoms with Gasteiger partial charge in [-0.2, -0.15) is 4.72 Å². The molecular weight excluding hydrogens is 341 g/mol. The summed E-state index contributed by atoms with van der Waals surface area (Å²) in [6.07, 6.45) is 0. The number of methoxy groups -OCH3 is 1. The van der Waals surface area contributed by atoms with Crippen LogP contribution in [0.3, 0.4) is 0 Å². The van der Waals surface area contributed by atoms with Crippen molar-refractivity contribution >= 4 is 39.2 Å². The summed E-state index contributed by atoms with van der Waals surface area (Å²) in [5.41, 5.74) is 0.729. The van der Waals surface area contributed by atoms with Gasteiger partial charge in [-0.3, -0.25) is 4.79 Å². The van der Waals surface area contributed by atoms with Crippen LogP contribution in [0.1, 0.15) is 11.1 Å². The second-order valence-electron chi connectivity index (χ2n) is 4.41. The van der Waals surface area contributed by atoms with Crippen molar-refractivity contribution in [1.82, 2.24) is 4.72 Å². The zero-order chi connectivity index (χ0) is 16.4. The zero-order valence-corrected chi connectivity index (χ0v) is 13.9. The third kappa shape index (κ3) is 4.08. The number of nitrogens with one attached hydrogen (secondary N) is 1. The third-order valence-electron chi connectivity index (χ3n) is 2.79. The minimum atomic E-state index is -4.16. The minimum Gasteiger partial charge on any atom is -0.480 e. The van der Waals surface area contributed by atoms with Crippen molar-refractivity contribution in [3.8, 4) is 0 Å². The monoisotopic (exact) mass is 355 g/mol. The molecule has 2 N–H and O–H groups in total. The number of hydrogen-bond donors (Lipinski definition) is 2. The van der Waals surface area contributed by atoms with Gasteiger partial charge in [0.2, 0.25) is 10.0 Å². The Morgan fingerprint density at radius 1 is 1.43 bits per heavy atom. The van der Waals surface area contributed by atoms with E-state index in [2.05, 4.69) is 9.46 Å². The standard InChI is InChI=1S/C12H15Cl2NO5S/c1-6-4-8(13)7(2)11(10(6)14)21(18,19)15-9(5-20-3)12(16)17/h4,9,15H,5H2,1-3H3,(H,16,17). The number of rotatable bonds is 6. The SMILES string of the molecule is COCC(NS(=O)(=O)c1c(C)c(Cl)cc(C)c1Cl)C(=O)O. The van der Waals surface area contributed by atoms with Crippen LogP contribution in [-0.4, -0.2) is 39.3 Å². The van der Waals surface area contributed by atoms with Crippen LogP contribution in [0.2, 0.25) is 10.0 Å². The number of carbonyl (C=O) groups is 1. The van der Waals surface area contributed by atoms with Crippen LogP contribution >= 0.6 is 23.2 Å². The Bertz CT molecular complexity index is 634. The average Bonchev–Trinajstić information content (AvgIpc) is 2.35. The fourth-order valence-corrected chi connectivity index (χ4v) is 4.09. The van der Waals surface area contributed by atoms with Crippen molar-refractivity contribution in [2.75, 3.05) is 13.7 Å². The lowest BCUT2D eigenvalue weighted by molar-refractivity contribution is -0.140. The van der Waals surface area contributed by atoms with Crippen LogP contribution in [0.25, 0.3) is 0 Å². The normalized spacial score (nSPS) is 13.2.